The maximum Gasteiger partial charge on any atom is 0.158 e. The lowest BCUT2D eigenvalue weighted by Gasteiger charge is -2.11. The predicted molar refractivity (Wildman–Crippen MR) is 46.4 cm³/mol. The molecular weight excluding hydrogens is 136 g/mol. The van der Waals surface area contributed by atoms with Gasteiger partial charge in [-0.1, -0.05) is 19.9 Å². The van der Waals surface area contributed by atoms with Crippen LogP contribution in [0, 0.1) is 5.92 Å². The van der Waals surface area contributed by atoms with Crippen LogP contribution in [0.5, 0.6) is 0 Å². The fourth-order valence-electron chi connectivity index (χ4n) is 1.69. The standard InChI is InChI=1S/C10H16O/c1-3-9-6-4-5-7-10(11)8(9)2/h9H,2-7H2,1H3. The molecule has 1 aliphatic carbocycles. The van der Waals surface area contributed by atoms with Gasteiger partial charge in [0.05, 0.1) is 0 Å². The number of carbonyl (C=O) groups excluding carboxylic acids is 1. The Hall–Kier alpha value is -0.590. The van der Waals surface area contributed by atoms with E-state index in [-0.39, 0.29) is 0 Å². The number of carbonyl (C=O) groups is 1. The molecule has 0 aromatic rings. The van der Waals surface area contributed by atoms with Gasteiger partial charge in [0.1, 0.15) is 0 Å². The number of allylic oxidation sites excluding steroid dienone is 1. The Morgan fingerprint density at radius 2 is 2.27 bits per heavy atom. The van der Waals surface area contributed by atoms with Crippen molar-refractivity contribution in [3.05, 3.63) is 12.2 Å². The molecule has 0 radical (unpaired) electrons. The lowest BCUT2D eigenvalue weighted by molar-refractivity contribution is -0.115. The first-order valence-electron chi connectivity index (χ1n) is 4.47. The summed E-state index contributed by atoms with van der Waals surface area (Å²) in [5, 5.41) is 0. The van der Waals surface area contributed by atoms with E-state index in [2.05, 4.69) is 13.5 Å². The first-order valence-corrected chi connectivity index (χ1v) is 4.47. The monoisotopic (exact) mass is 152 g/mol. The maximum atomic E-state index is 11.3. The summed E-state index contributed by atoms with van der Waals surface area (Å²) in [6.45, 7) is 5.99. The Morgan fingerprint density at radius 1 is 1.55 bits per heavy atom. The molecule has 0 aromatic carbocycles. The van der Waals surface area contributed by atoms with Crippen molar-refractivity contribution in [2.75, 3.05) is 0 Å². The summed E-state index contributed by atoms with van der Waals surface area (Å²) >= 11 is 0. The number of ketones is 1. The highest BCUT2D eigenvalue weighted by molar-refractivity contribution is 5.95. The molecule has 1 fully saturated rings. The van der Waals surface area contributed by atoms with E-state index in [0.29, 0.717) is 11.7 Å². The van der Waals surface area contributed by atoms with E-state index in [1.54, 1.807) is 0 Å². The van der Waals surface area contributed by atoms with Crippen molar-refractivity contribution in [2.45, 2.75) is 39.0 Å². The van der Waals surface area contributed by atoms with Gasteiger partial charge in [0.25, 0.3) is 0 Å². The lowest BCUT2D eigenvalue weighted by atomic mass is 9.93. The van der Waals surface area contributed by atoms with Gasteiger partial charge in [0, 0.05) is 6.42 Å². The zero-order valence-corrected chi connectivity index (χ0v) is 7.23. The molecule has 1 aliphatic rings. The van der Waals surface area contributed by atoms with Crippen molar-refractivity contribution in [1.82, 2.24) is 0 Å². The van der Waals surface area contributed by atoms with Crippen LogP contribution in [-0.4, -0.2) is 5.78 Å². The molecular formula is C10H16O. The molecule has 1 saturated carbocycles. The van der Waals surface area contributed by atoms with Crippen LogP contribution in [-0.2, 0) is 4.79 Å². The molecule has 11 heavy (non-hydrogen) atoms. The van der Waals surface area contributed by atoms with Gasteiger partial charge in [0.15, 0.2) is 5.78 Å². The van der Waals surface area contributed by atoms with Crippen LogP contribution in [0.4, 0.5) is 0 Å². The second-order valence-electron chi connectivity index (χ2n) is 3.30. The van der Waals surface area contributed by atoms with E-state index in [1.165, 1.54) is 12.8 Å². The molecule has 1 unspecified atom stereocenters. The molecule has 0 bridgehead atoms. The molecule has 62 valence electrons. The molecule has 0 aromatic heterocycles. The highest BCUT2D eigenvalue weighted by Crippen LogP contribution is 2.26. The van der Waals surface area contributed by atoms with Crippen LogP contribution in [0.15, 0.2) is 12.2 Å². The SMILES string of the molecule is C=C1C(=O)CCCCC1CC. The molecule has 1 heteroatoms. The van der Waals surface area contributed by atoms with Gasteiger partial charge in [-0.2, -0.15) is 0 Å². The molecule has 1 nitrogen and oxygen atoms in total. The third kappa shape index (κ3) is 1.92. The molecule has 1 atom stereocenters. The first-order chi connectivity index (χ1) is 5.25. The maximum absolute atomic E-state index is 11.3. The average Bonchev–Trinajstić information content (AvgIpc) is 2.16. The minimum absolute atomic E-state index is 0.300. The van der Waals surface area contributed by atoms with E-state index in [0.717, 1.165) is 24.8 Å². The van der Waals surface area contributed by atoms with E-state index < -0.39 is 0 Å². The van der Waals surface area contributed by atoms with Crippen LogP contribution in [0.3, 0.4) is 0 Å². The zero-order chi connectivity index (χ0) is 8.27. The highest BCUT2D eigenvalue weighted by Gasteiger charge is 2.19. The number of rotatable bonds is 1. The smallest absolute Gasteiger partial charge is 0.158 e. The lowest BCUT2D eigenvalue weighted by Crippen LogP contribution is -2.07. The van der Waals surface area contributed by atoms with Gasteiger partial charge in [-0.25, -0.2) is 0 Å². The number of hydrogen-bond acceptors (Lipinski definition) is 1. The molecule has 0 aliphatic heterocycles. The molecule has 0 heterocycles. The van der Waals surface area contributed by atoms with Crippen LogP contribution >= 0.6 is 0 Å². The number of Topliss-reactive ketones (excluding diaryl/α,β-unsaturated/α-hetero) is 1. The van der Waals surface area contributed by atoms with E-state index >= 15 is 0 Å². The van der Waals surface area contributed by atoms with Gasteiger partial charge < -0.3 is 0 Å². The quantitative estimate of drug-likeness (QED) is 0.417. The summed E-state index contributed by atoms with van der Waals surface area (Å²) in [5.74, 6) is 0.777. The van der Waals surface area contributed by atoms with E-state index in [1.807, 2.05) is 0 Å². The van der Waals surface area contributed by atoms with Crippen molar-refractivity contribution >= 4 is 5.78 Å². The topological polar surface area (TPSA) is 17.1 Å². The van der Waals surface area contributed by atoms with Crippen molar-refractivity contribution in [2.24, 2.45) is 5.92 Å². The fourth-order valence-corrected chi connectivity index (χ4v) is 1.69. The summed E-state index contributed by atoms with van der Waals surface area (Å²) < 4.78 is 0. The Morgan fingerprint density at radius 3 is 2.91 bits per heavy atom. The summed E-state index contributed by atoms with van der Waals surface area (Å²) in [6.07, 6.45) is 5.23. The Balaban J connectivity index is 2.64. The molecule has 1 rings (SSSR count). The summed E-state index contributed by atoms with van der Waals surface area (Å²) in [7, 11) is 0. The number of hydrogen-bond donors (Lipinski definition) is 0. The third-order valence-electron chi connectivity index (χ3n) is 2.55. The zero-order valence-electron chi connectivity index (χ0n) is 7.23. The Bertz CT molecular complexity index is 170. The third-order valence-corrected chi connectivity index (χ3v) is 2.55. The highest BCUT2D eigenvalue weighted by atomic mass is 16.1. The van der Waals surface area contributed by atoms with Gasteiger partial charge >= 0.3 is 0 Å². The molecule has 0 amide bonds. The van der Waals surface area contributed by atoms with Crippen molar-refractivity contribution in [1.29, 1.82) is 0 Å². The van der Waals surface area contributed by atoms with Gasteiger partial charge in [0.2, 0.25) is 0 Å². The summed E-state index contributed by atoms with van der Waals surface area (Å²) in [6, 6.07) is 0. The van der Waals surface area contributed by atoms with Gasteiger partial charge in [-0.3, -0.25) is 4.79 Å². The van der Waals surface area contributed by atoms with Gasteiger partial charge in [-0.05, 0) is 30.8 Å². The summed E-state index contributed by atoms with van der Waals surface area (Å²) in [5.41, 5.74) is 0.880. The minimum Gasteiger partial charge on any atom is -0.295 e. The van der Waals surface area contributed by atoms with Crippen LogP contribution < -0.4 is 0 Å². The second-order valence-corrected chi connectivity index (χ2v) is 3.30. The minimum atomic E-state index is 0.300. The van der Waals surface area contributed by atoms with E-state index in [4.69, 9.17) is 0 Å². The molecule has 0 saturated heterocycles. The summed E-state index contributed by atoms with van der Waals surface area (Å²) in [4.78, 5) is 11.3. The van der Waals surface area contributed by atoms with Crippen LogP contribution in [0.2, 0.25) is 0 Å². The Kier molecular flexibility index (Phi) is 2.86. The fraction of sp³-hybridized carbons (Fsp3) is 0.700. The van der Waals surface area contributed by atoms with E-state index in [9.17, 15) is 4.79 Å². The largest absolute Gasteiger partial charge is 0.295 e. The predicted octanol–water partition coefficient (Wildman–Crippen LogP) is 2.71. The van der Waals surface area contributed by atoms with Gasteiger partial charge in [-0.15, -0.1) is 0 Å². The first kappa shape index (κ1) is 8.51. The van der Waals surface area contributed by atoms with Crippen LogP contribution in [0.1, 0.15) is 39.0 Å². The average molecular weight is 152 g/mol. The second kappa shape index (κ2) is 3.70. The van der Waals surface area contributed by atoms with Crippen molar-refractivity contribution in [3.8, 4) is 0 Å². The Labute approximate surface area is 68.5 Å². The van der Waals surface area contributed by atoms with Crippen LogP contribution in [0.25, 0.3) is 0 Å². The molecule has 0 N–H and O–H groups in total. The van der Waals surface area contributed by atoms with Crippen molar-refractivity contribution < 1.29 is 4.79 Å². The molecule has 0 spiro atoms. The van der Waals surface area contributed by atoms with Crippen molar-refractivity contribution in [3.63, 3.8) is 0 Å². The normalized spacial score (nSPS) is 26.8.